The van der Waals surface area contributed by atoms with E-state index in [0.29, 0.717) is 27.8 Å². The van der Waals surface area contributed by atoms with Crippen molar-refractivity contribution in [3.63, 3.8) is 0 Å². The molecule has 2 aromatic rings. The van der Waals surface area contributed by atoms with Crippen LogP contribution in [0.2, 0.25) is 5.02 Å². The smallest absolute Gasteiger partial charge is 0.343 e. The van der Waals surface area contributed by atoms with Crippen molar-refractivity contribution < 1.29 is 33.4 Å². The first-order chi connectivity index (χ1) is 15.8. The van der Waals surface area contributed by atoms with Gasteiger partial charge >= 0.3 is 5.97 Å². The number of imide groups is 1. The second-order valence-corrected chi connectivity index (χ2v) is 7.97. The highest BCUT2D eigenvalue weighted by molar-refractivity contribution is 8.18. The first-order valence-corrected chi connectivity index (χ1v) is 10.7. The van der Waals surface area contributed by atoms with E-state index in [1.54, 1.807) is 42.5 Å². The Morgan fingerprint density at radius 1 is 1.12 bits per heavy atom. The third-order valence-corrected chi connectivity index (χ3v) is 5.62. The monoisotopic (exact) mass is 490 g/mol. The predicted molar refractivity (Wildman–Crippen MR) is 123 cm³/mol. The molecule has 0 aromatic heterocycles. The van der Waals surface area contributed by atoms with Crippen LogP contribution >= 0.6 is 23.4 Å². The van der Waals surface area contributed by atoms with Gasteiger partial charge in [0, 0.05) is 0 Å². The lowest BCUT2D eigenvalue weighted by molar-refractivity contribution is -0.143. The number of nitrogens with one attached hydrogen (secondary N) is 1. The van der Waals surface area contributed by atoms with Gasteiger partial charge in [-0.25, -0.2) is 4.79 Å². The van der Waals surface area contributed by atoms with Gasteiger partial charge in [-0.1, -0.05) is 29.8 Å². The van der Waals surface area contributed by atoms with Gasteiger partial charge in [0.15, 0.2) is 18.1 Å². The Balaban J connectivity index is 1.70. The number of amides is 3. The molecule has 0 radical (unpaired) electrons. The fourth-order valence-corrected chi connectivity index (χ4v) is 3.79. The van der Waals surface area contributed by atoms with Crippen molar-refractivity contribution in [2.75, 3.05) is 32.7 Å². The van der Waals surface area contributed by atoms with Gasteiger partial charge in [0.25, 0.3) is 11.1 Å². The molecule has 1 aliphatic heterocycles. The minimum atomic E-state index is -0.593. The molecule has 0 bridgehead atoms. The number of carbonyl (C=O) groups is 4. The molecule has 3 amide bonds. The molecular formula is C22H19ClN2O7S. The Hall–Kier alpha value is -3.50. The third-order valence-electron chi connectivity index (χ3n) is 4.38. The van der Waals surface area contributed by atoms with Crippen LogP contribution in [0.1, 0.15) is 5.56 Å². The zero-order valence-electron chi connectivity index (χ0n) is 17.6. The molecule has 0 aliphatic carbocycles. The molecule has 1 fully saturated rings. The molecule has 0 saturated carbocycles. The molecule has 33 heavy (non-hydrogen) atoms. The van der Waals surface area contributed by atoms with E-state index in [1.807, 2.05) is 0 Å². The summed E-state index contributed by atoms with van der Waals surface area (Å²) in [5, 5.41) is 2.36. The Bertz CT molecular complexity index is 1140. The molecule has 0 spiro atoms. The lowest BCUT2D eigenvalue weighted by atomic mass is 10.2. The number of rotatable bonds is 8. The molecule has 1 heterocycles. The molecule has 0 atom stereocenters. The summed E-state index contributed by atoms with van der Waals surface area (Å²) in [5.41, 5.74) is 0.941. The van der Waals surface area contributed by atoms with Crippen LogP contribution in [-0.2, 0) is 19.1 Å². The van der Waals surface area contributed by atoms with Crippen LogP contribution in [0.3, 0.4) is 0 Å². The van der Waals surface area contributed by atoms with Crippen LogP contribution in [0, 0.1) is 0 Å². The van der Waals surface area contributed by atoms with Gasteiger partial charge in [0.1, 0.15) is 6.54 Å². The molecule has 1 N–H and O–H groups in total. The van der Waals surface area contributed by atoms with Crippen LogP contribution in [0.4, 0.5) is 10.5 Å². The van der Waals surface area contributed by atoms with Gasteiger partial charge in [-0.3, -0.25) is 19.3 Å². The Kier molecular flexibility index (Phi) is 7.96. The van der Waals surface area contributed by atoms with Crippen LogP contribution in [0.5, 0.6) is 11.5 Å². The number of benzene rings is 2. The highest BCUT2D eigenvalue weighted by Crippen LogP contribution is 2.34. The molecule has 1 saturated heterocycles. The minimum absolute atomic E-state index is 0.149. The average Bonchev–Trinajstić information content (AvgIpc) is 3.06. The van der Waals surface area contributed by atoms with E-state index in [2.05, 4.69) is 10.1 Å². The van der Waals surface area contributed by atoms with Crippen LogP contribution in [0.15, 0.2) is 47.4 Å². The van der Waals surface area contributed by atoms with Crippen molar-refractivity contribution in [3.05, 3.63) is 58.0 Å². The van der Waals surface area contributed by atoms with Gasteiger partial charge in [0.05, 0.1) is 29.8 Å². The normalized spacial score (nSPS) is 14.4. The van der Waals surface area contributed by atoms with E-state index in [1.165, 1.54) is 20.3 Å². The first kappa shape index (κ1) is 24.1. The Labute approximate surface area is 198 Å². The summed E-state index contributed by atoms with van der Waals surface area (Å²) in [6, 6.07) is 11.4. The zero-order chi connectivity index (χ0) is 24.0. The number of para-hydroxylation sites is 1. The van der Waals surface area contributed by atoms with Gasteiger partial charge in [-0.2, -0.15) is 0 Å². The van der Waals surface area contributed by atoms with Crippen LogP contribution in [0.25, 0.3) is 6.08 Å². The van der Waals surface area contributed by atoms with Gasteiger partial charge in [0.2, 0.25) is 5.91 Å². The van der Waals surface area contributed by atoms with E-state index < -0.39 is 29.6 Å². The molecule has 172 valence electrons. The quantitative estimate of drug-likeness (QED) is 0.441. The minimum Gasteiger partial charge on any atom is -0.493 e. The van der Waals surface area contributed by atoms with Crippen molar-refractivity contribution >= 4 is 58.1 Å². The summed E-state index contributed by atoms with van der Waals surface area (Å²) in [7, 11) is 2.68. The van der Waals surface area contributed by atoms with Crippen molar-refractivity contribution in [1.29, 1.82) is 0 Å². The Morgan fingerprint density at radius 3 is 2.58 bits per heavy atom. The predicted octanol–water partition coefficient (Wildman–Crippen LogP) is 3.58. The zero-order valence-corrected chi connectivity index (χ0v) is 19.2. The molecule has 11 heteroatoms. The van der Waals surface area contributed by atoms with Crippen molar-refractivity contribution in [3.8, 4) is 11.5 Å². The van der Waals surface area contributed by atoms with E-state index in [-0.39, 0.29) is 11.5 Å². The topological polar surface area (TPSA) is 111 Å². The van der Waals surface area contributed by atoms with Crippen molar-refractivity contribution in [2.45, 2.75) is 0 Å². The number of nitrogens with zero attached hydrogens (tertiary/aromatic N) is 1. The number of carbonyl (C=O) groups excluding carboxylic acids is 4. The SMILES string of the molecule is COC(=O)COc1ccc(/C=C2/SC(=O)N(CC(=O)Nc3ccccc3Cl)C2=O)cc1OC. The lowest BCUT2D eigenvalue weighted by Gasteiger charge is -2.13. The van der Waals surface area contributed by atoms with Crippen LogP contribution in [-0.4, -0.2) is 55.3 Å². The summed E-state index contributed by atoms with van der Waals surface area (Å²) in [6.07, 6.45) is 1.50. The third kappa shape index (κ3) is 6.05. The number of halogens is 1. The highest BCUT2D eigenvalue weighted by atomic mass is 35.5. The van der Waals surface area contributed by atoms with Crippen molar-refractivity contribution in [2.24, 2.45) is 0 Å². The summed E-state index contributed by atoms with van der Waals surface area (Å²) in [4.78, 5) is 49.6. The second kappa shape index (κ2) is 10.9. The number of anilines is 1. The summed E-state index contributed by atoms with van der Waals surface area (Å²) in [6.45, 7) is -0.738. The number of esters is 1. The van der Waals surface area contributed by atoms with E-state index in [4.69, 9.17) is 21.1 Å². The van der Waals surface area contributed by atoms with Gasteiger partial charge in [-0.15, -0.1) is 0 Å². The maximum absolute atomic E-state index is 12.7. The number of ether oxygens (including phenoxy) is 3. The molecular weight excluding hydrogens is 472 g/mol. The number of thioether (sulfide) groups is 1. The van der Waals surface area contributed by atoms with Gasteiger partial charge < -0.3 is 19.5 Å². The number of hydrogen-bond acceptors (Lipinski definition) is 8. The molecule has 2 aromatic carbocycles. The molecule has 9 nitrogen and oxygen atoms in total. The maximum atomic E-state index is 12.7. The molecule has 0 unspecified atom stereocenters. The molecule has 3 rings (SSSR count). The summed E-state index contributed by atoms with van der Waals surface area (Å²) >= 11 is 6.74. The summed E-state index contributed by atoms with van der Waals surface area (Å²) < 4.78 is 15.1. The maximum Gasteiger partial charge on any atom is 0.343 e. The van der Waals surface area contributed by atoms with E-state index in [9.17, 15) is 19.2 Å². The van der Waals surface area contributed by atoms with E-state index in [0.717, 1.165) is 16.7 Å². The first-order valence-electron chi connectivity index (χ1n) is 9.49. The van der Waals surface area contributed by atoms with Crippen LogP contribution < -0.4 is 14.8 Å². The summed E-state index contributed by atoms with van der Waals surface area (Å²) in [5.74, 6) is -1.06. The Morgan fingerprint density at radius 2 is 1.88 bits per heavy atom. The number of methoxy groups -OCH3 is 2. The highest BCUT2D eigenvalue weighted by Gasteiger charge is 2.36. The van der Waals surface area contributed by atoms with Gasteiger partial charge in [-0.05, 0) is 47.7 Å². The fourth-order valence-electron chi connectivity index (χ4n) is 2.77. The fraction of sp³-hybridized carbons (Fsp3) is 0.182. The largest absolute Gasteiger partial charge is 0.493 e. The average molecular weight is 491 g/mol. The van der Waals surface area contributed by atoms with E-state index >= 15 is 0 Å². The standard InChI is InChI=1S/C22H19ClN2O7S/c1-30-17-9-13(7-8-16(17)32-12-20(27)31-2)10-18-21(28)25(22(29)33-18)11-19(26)24-15-6-4-3-5-14(15)23/h3-10H,11-12H2,1-2H3,(H,24,26)/b18-10+. The lowest BCUT2D eigenvalue weighted by Crippen LogP contribution is -2.36. The van der Waals surface area contributed by atoms with Crippen molar-refractivity contribution in [1.82, 2.24) is 4.90 Å². The number of hydrogen-bond donors (Lipinski definition) is 1. The molecule has 1 aliphatic rings. The second-order valence-electron chi connectivity index (χ2n) is 6.57.